The first-order valence-electron chi connectivity index (χ1n) is 16.5. The fourth-order valence-electron chi connectivity index (χ4n) is 5.28. The molecule has 286 valence electrons. The number of fused-ring (bicyclic) bond motifs is 1. The number of hydrogen-bond acceptors (Lipinski definition) is 7. The van der Waals surface area contributed by atoms with Gasteiger partial charge in [0.15, 0.2) is 5.96 Å². The zero-order valence-electron chi connectivity index (χ0n) is 29.0. The number of primary amides is 1. The molecule has 0 unspecified atom stereocenters. The van der Waals surface area contributed by atoms with E-state index in [0.29, 0.717) is 24.1 Å². The number of carbonyl (C=O) groups is 4. The SMILES string of the molecule is N=C(N)c1ccc(C[C@@H](C(=O)N[C@@H](Cc2ccc(N)cc2)C(=O)N[C@@H](CCCN=C(N)N)C(N)=O)c2ccc3ccccc3c2)cc1.O=C(O)C(F)(F)F. The van der Waals surface area contributed by atoms with Gasteiger partial charge in [-0.1, -0.05) is 78.9 Å². The number of nitrogens with zero attached hydrogens (tertiary/aromatic N) is 1. The Morgan fingerprint density at radius 1 is 0.759 bits per heavy atom. The third-order valence-corrected chi connectivity index (χ3v) is 8.10. The molecule has 0 spiro atoms. The molecule has 0 aliphatic carbocycles. The molecule has 0 aliphatic heterocycles. The van der Waals surface area contributed by atoms with Crippen LogP contribution in [0.15, 0.2) is 96.0 Å². The minimum absolute atomic E-state index is 0.0533. The molecule has 4 aromatic carbocycles. The summed E-state index contributed by atoms with van der Waals surface area (Å²) in [5.74, 6) is -5.24. The van der Waals surface area contributed by atoms with Gasteiger partial charge in [-0.15, -0.1) is 0 Å². The highest BCUT2D eigenvalue weighted by Crippen LogP contribution is 2.26. The highest BCUT2D eigenvalue weighted by atomic mass is 19.4. The van der Waals surface area contributed by atoms with Crippen LogP contribution in [0.2, 0.25) is 0 Å². The van der Waals surface area contributed by atoms with Gasteiger partial charge < -0.3 is 44.4 Å². The van der Waals surface area contributed by atoms with Crippen molar-refractivity contribution < 1.29 is 37.5 Å². The van der Waals surface area contributed by atoms with Crippen molar-refractivity contribution in [2.24, 2.45) is 27.9 Å². The smallest absolute Gasteiger partial charge is 0.475 e. The Hall–Kier alpha value is -6.65. The minimum atomic E-state index is -5.08. The molecular formula is C37H42F3N9O5. The molecule has 4 aromatic rings. The zero-order chi connectivity index (χ0) is 40.0. The summed E-state index contributed by atoms with van der Waals surface area (Å²) in [6.45, 7) is 0.258. The number of guanidine groups is 1. The third-order valence-electron chi connectivity index (χ3n) is 8.10. The Morgan fingerprint density at radius 2 is 1.31 bits per heavy atom. The first-order valence-corrected chi connectivity index (χ1v) is 16.5. The molecule has 0 saturated carbocycles. The summed E-state index contributed by atoms with van der Waals surface area (Å²) in [7, 11) is 0. The van der Waals surface area contributed by atoms with Crippen molar-refractivity contribution in [3.05, 3.63) is 113 Å². The molecule has 0 saturated heterocycles. The van der Waals surface area contributed by atoms with Gasteiger partial charge in [0.2, 0.25) is 17.7 Å². The van der Waals surface area contributed by atoms with E-state index in [2.05, 4.69) is 15.6 Å². The number of carboxylic acids is 1. The van der Waals surface area contributed by atoms with Gasteiger partial charge in [-0.25, -0.2) is 4.79 Å². The van der Waals surface area contributed by atoms with Crippen LogP contribution in [0.4, 0.5) is 18.9 Å². The molecule has 0 heterocycles. The average molecular weight is 750 g/mol. The first kappa shape index (κ1) is 41.8. The Balaban J connectivity index is 0.00000102. The molecular weight excluding hydrogens is 707 g/mol. The molecule has 14 N–H and O–H groups in total. The van der Waals surface area contributed by atoms with E-state index in [1.165, 1.54) is 0 Å². The van der Waals surface area contributed by atoms with E-state index < -0.39 is 42.0 Å². The predicted octanol–water partition coefficient (Wildman–Crippen LogP) is 2.42. The number of benzene rings is 4. The van der Waals surface area contributed by atoms with E-state index in [1.807, 2.05) is 54.6 Å². The van der Waals surface area contributed by atoms with Gasteiger partial charge in [0.05, 0.1) is 5.92 Å². The zero-order valence-corrected chi connectivity index (χ0v) is 29.0. The molecule has 0 fully saturated rings. The second-order valence-electron chi connectivity index (χ2n) is 12.2. The molecule has 0 radical (unpaired) electrons. The van der Waals surface area contributed by atoms with Crippen molar-refractivity contribution in [1.29, 1.82) is 5.41 Å². The van der Waals surface area contributed by atoms with Crippen LogP contribution >= 0.6 is 0 Å². The van der Waals surface area contributed by atoms with E-state index in [9.17, 15) is 27.6 Å². The lowest BCUT2D eigenvalue weighted by Crippen LogP contribution is -2.54. The van der Waals surface area contributed by atoms with Crippen LogP contribution in [0.3, 0.4) is 0 Å². The van der Waals surface area contributed by atoms with Crippen LogP contribution in [-0.2, 0) is 32.0 Å². The van der Waals surface area contributed by atoms with Gasteiger partial charge in [-0.05, 0) is 58.9 Å². The maximum Gasteiger partial charge on any atom is 0.490 e. The van der Waals surface area contributed by atoms with Gasteiger partial charge in [0, 0.05) is 24.2 Å². The number of anilines is 1. The van der Waals surface area contributed by atoms with Crippen molar-refractivity contribution in [1.82, 2.24) is 10.6 Å². The fourth-order valence-corrected chi connectivity index (χ4v) is 5.28. The summed E-state index contributed by atoms with van der Waals surface area (Å²) >= 11 is 0. The number of carboxylic acid groups (broad SMARTS) is 1. The lowest BCUT2D eigenvalue weighted by atomic mass is 9.89. The maximum absolute atomic E-state index is 14.2. The summed E-state index contributed by atoms with van der Waals surface area (Å²) in [5, 5.41) is 22.5. The van der Waals surface area contributed by atoms with Gasteiger partial charge in [0.1, 0.15) is 17.9 Å². The second kappa shape index (κ2) is 19.3. The number of alkyl halides is 3. The number of nitrogen functional groups attached to an aromatic ring is 2. The Kier molecular flexibility index (Phi) is 14.9. The van der Waals surface area contributed by atoms with Gasteiger partial charge in [-0.2, -0.15) is 13.2 Å². The fraction of sp³-hybridized carbons (Fsp3) is 0.243. The molecule has 17 heteroatoms. The summed E-state index contributed by atoms with van der Waals surface area (Å²) in [6, 6.07) is 25.8. The minimum Gasteiger partial charge on any atom is -0.475 e. The third kappa shape index (κ3) is 13.2. The largest absolute Gasteiger partial charge is 0.490 e. The number of amidine groups is 1. The molecule has 0 aliphatic rings. The van der Waals surface area contributed by atoms with E-state index in [1.54, 1.807) is 36.4 Å². The number of hydrogen-bond donors (Lipinski definition) is 9. The summed E-state index contributed by atoms with van der Waals surface area (Å²) in [4.78, 5) is 53.0. The first-order chi connectivity index (χ1) is 25.4. The van der Waals surface area contributed by atoms with E-state index >= 15 is 0 Å². The van der Waals surface area contributed by atoms with Crippen molar-refractivity contribution in [2.45, 2.75) is 49.9 Å². The topological polar surface area (TPSA) is 279 Å². The molecule has 0 aromatic heterocycles. The van der Waals surface area contributed by atoms with Gasteiger partial charge >= 0.3 is 12.1 Å². The Labute approximate surface area is 308 Å². The van der Waals surface area contributed by atoms with Crippen LogP contribution in [-0.4, -0.2) is 65.4 Å². The van der Waals surface area contributed by atoms with Crippen molar-refractivity contribution in [3.63, 3.8) is 0 Å². The number of nitrogens with two attached hydrogens (primary N) is 5. The number of aliphatic imine (C=N–C) groups is 1. The highest BCUT2D eigenvalue weighted by molar-refractivity contribution is 5.95. The highest BCUT2D eigenvalue weighted by Gasteiger charge is 2.38. The van der Waals surface area contributed by atoms with E-state index in [0.717, 1.165) is 27.5 Å². The predicted molar refractivity (Wildman–Crippen MR) is 199 cm³/mol. The molecule has 3 atom stereocenters. The quantitative estimate of drug-likeness (QED) is 0.0373. The Bertz CT molecular complexity index is 1970. The van der Waals surface area contributed by atoms with Crippen molar-refractivity contribution in [2.75, 3.05) is 12.3 Å². The average Bonchev–Trinajstić information content (AvgIpc) is 3.12. The monoisotopic (exact) mass is 749 g/mol. The lowest BCUT2D eigenvalue weighted by Gasteiger charge is -2.25. The molecule has 4 rings (SSSR count). The molecule has 14 nitrogen and oxygen atoms in total. The van der Waals surface area contributed by atoms with Crippen LogP contribution in [0.25, 0.3) is 10.8 Å². The molecule has 0 bridgehead atoms. The number of amides is 3. The Morgan fingerprint density at radius 3 is 1.87 bits per heavy atom. The molecule has 3 amide bonds. The number of aliphatic carboxylic acids is 1. The lowest BCUT2D eigenvalue weighted by molar-refractivity contribution is -0.192. The number of carbonyl (C=O) groups excluding carboxylic acids is 3. The van der Waals surface area contributed by atoms with Crippen LogP contribution < -0.4 is 39.3 Å². The summed E-state index contributed by atoms with van der Waals surface area (Å²) in [6.07, 6.45) is -4.04. The van der Waals surface area contributed by atoms with Crippen LogP contribution in [0.5, 0.6) is 0 Å². The normalized spacial score (nSPS) is 12.6. The van der Waals surface area contributed by atoms with Crippen molar-refractivity contribution in [3.8, 4) is 0 Å². The standard InChI is InChI=1S/C35H41N9O3.C2HF3O2/c36-27-15-9-22(10-16-27)19-30(34(47)43-29(32(39)45)6-3-17-42-35(40)41)44-33(46)28(18-21-7-11-24(12-8-21)31(37)38)26-14-13-23-4-1-2-5-25(23)20-26;3-2(4,5)1(6)7/h1-2,4-5,7-16,20,28-30H,3,6,17-19,36H2,(H3,37,38)(H2,39,45)(H,43,47)(H,44,46)(H4,40,41,42);(H,6,7)/t28-,29+,30+;/m1./s1. The number of rotatable bonds is 15. The van der Waals surface area contributed by atoms with E-state index in [-0.39, 0.29) is 37.1 Å². The van der Waals surface area contributed by atoms with Gasteiger partial charge in [0.25, 0.3) is 0 Å². The molecule has 54 heavy (non-hydrogen) atoms. The number of halogens is 3. The summed E-state index contributed by atoms with van der Waals surface area (Å²) in [5.41, 5.74) is 31.4. The van der Waals surface area contributed by atoms with Crippen LogP contribution in [0.1, 0.15) is 41.0 Å². The van der Waals surface area contributed by atoms with Crippen molar-refractivity contribution >= 4 is 51.9 Å². The number of nitrogens with one attached hydrogen (secondary N) is 3. The van der Waals surface area contributed by atoms with Crippen LogP contribution in [0, 0.1) is 5.41 Å². The maximum atomic E-state index is 14.2. The van der Waals surface area contributed by atoms with E-state index in [4.69, 9.17) is 44.0 Å². The summed E-state index contributed by atoms with van der Waals surface area (Å²) < 4.78 is 31.7. The second-order valence-corrected chi connectivity index (χ2v) is 12.2. The van der Waals surface area contributed by atoms with Gasteiger partial charge in [-0.3, -0.25) is 24.8 Å².